The van der Waals surface area contributed by atoms with Gasteiger partial charge in [-0.15, -0.1) is 0 Å². The summed E-state index contributed by atoms with van der Waals surface area (Å²) in [4.78, 5) is 4.49. The number of rotatable bonds is 7. The van der Waals surface area contributed by atoms with Gasteiger partial charge in [0.1, 0.15) is 0 Å². The van der Waals surface area contributed by atoms with Gasteiger partial charge in [0.15, 0.2) is 5.82 Å². The summed E-state index contributed by atoms with van der Waals surface area (Å²) >= 11 is 0. The lowest BCUT2D eigenvalue weighted by Crippen LogP contribution is -2.22. The fourth-order valence-electron chi connectivity index (χ4n) is 2.80. The van der Waals surface area contributed by atoms with Crippen LogP contribution in [0, 0.1) is 11.8 Å². The van der Waals surface area contributed by atoms with Gasteiger partial charge < -0.3 is 15.0 Å². The molecule has 0 aliphatic carbocycles. The Balaban J connectivity index is 1.84. The van der Waals surface area contributed by atoms with E-state index in [1.807, 2.05) is 0 Å². The molecule has 2 rings (SSSR count). The molecule has 20 heavy (non-hydrogen) atoms. The Hall–Kier alpha value is -0.940. The maximum Gasteiger partial charge on any atom is 0.226 e. The van der Waals surface area contributed by atoms with Crippen LogP contribution in [0.2, 0.25) is 0 Å². The van der Waals surface area contributed by atoms with Crippen LogP contribution in [0.25, 0.3) is 0 Å². The highest BCUT2D eigenvalue weighted by atomic mass is 16.5. The summed E-state index contributed by atoms with van der Waals surface area (Å²) in [6.45, 7) is 5.95. The van der Waals surface area contributed by atoms with Crippen LogP contribution in [0.3, 0.4) is 0 Å². The van der Waals surface area contributed by atoms with Gasteiger partial charge in [0.05, 0.1) is 6.10 Å². The van der Waals surface area contributed by atoms with Gasteiger partial charge in [0, 0.05) is 19.4 Å². The van der Waals surface area contributed by atoms with Crippen LogP contribution in [-0.4, -0.2) is 29.4 Å². The first-order valence-corrected chi connectivity index (χ1v) is 7.80. The molecule has 1 aliphatic rings. The topological polar surface area (TPSA) is 74.2 Å². The molecular weight excluding hydrogens is 254 g/mol. The van der Waals surface area contributed by atoms with E-state index in [9.17, 15) is 0 Å². The predicted molar refractivity (Wildman–Crippen MR) is 77.3 cm³/mol. The summed E-state index contributed by atoms with van der Waals surface area (Å²) in [7, 11) is 0. The standard InChI is InChI=1S/C15H27N3O2/c1-11(2)7-12(10-16)8-15-17-14(18-20-15)9-13-5-3-4-6-19-13/h11-13H,3-10,16H2,1-2H3. The molecule has 5 nitrogen and oxygen atoms in total. The summed E-state index contributed by atoms with van der Waals surface area (Å²) in [6.07, 6.45) is 6.41. The first-order valence-electron chi connectivity index (χ1n) is 7.80. The smallest absolute Gasteiger partial charge is 0.226 e. The maximum atomic E-state index is 5.82. The van der Waals surface area contributed by atoms with Crippen molar-refractivity contribution in [1.29, 1.82) is 0 Å². The molecule has 0 saturated carbocycles. The Morgan fingerprint density at radius 2 is 2.20 bits per heavy atom. The second-order valence-corrected chi connectivity index (χ2v) is 6.23. The normalized spacial score (nSPS) is 21.3. The maximum absolute atomic E-state index is 5.82. The molecular formula is C15H27N3O2. The highest BCUT2D eigenvalue weighted by molar-refractivity contribution is 4.91. The third-order valence-corrected chi connectivity index (χ3v) is 3.80. The van der Waals surface area contributed by atoms with Crippen LogP contribution in [0.5, 0.6) is 0 Å². The zero-order valence-electron chi connectivity index (χ0n) is 12.7. The largest absolute Gasteiger partial charge is 0.378 e. The van der Waals surface area contributed by atoms with Crippen LogP contribution < -0.4 is 5.73 Å². The van der Waals surface area contributed by atoms with Crippen LogP contribution in [0.4, 0.5) is 0 Å². The lowest BCUT2D eigenvalue weighted by Gasteiger charge is -2.20. The van der Waals surface area contributed by atoms with E-state index in [0.717, 1.165) is 38.1 Å². The summed E-state index contributed by atoms with van der Waals surface area (Å²) in [6, 6.07) is 0. The quantitative estimate of drug-likeness (QED) is 0.830. The molecule has 2 unspecified atom stereocenters. The molecule has 1 aliphatic heterocycles. The zero-order chi connectivity index (χ0) is 14.4. The average Bonchev–Trinajstić information content (AvgIpc) is 2.86. The van der Waals surface area contributed by atoms with Gasteiger partial charge in [-0.1, -0.05) is 19.0 Å². The van der Waals surface area contributed by atoms with Crippen molar-refractivity contribution in [1.82, 2.24) is 10.1 Å². The third-order valence-electron chi connectivity index (χ3n) is 3.80. The molecule has 0 spiro atoms. The van der Waals surface area contributed by atoms with Crippen LogP contribution in [0.15, 0.2) is 4.52 Å². The molecule has 1 aromatic rings. The van der Waals surface area contributed by atoms with Crippen molar-refractivity contribution in [3.63, 3.8) is 0 Å². The number of nitrogens with two attached hydrogens (primary N) is 1. The number of aromatic nitrogens is 2. The molecule has 1 saturated heterocycles. The number of hydrogen-bond donors (Lipinski definition) is 1. The van der Waals surface area contributed by atoms with E-state index in [4.69, 9.17) is 15.0 Å². The predicted octanol–water partition coefficient (Wildman–Crippen LogP) is 2.34. The van der Waals surface area contributed by atoms with Crippen LogP contribution in [-0.2, 0) is 17.6 Å². The van der Waals surface area contributed by atoms with Crippen molar-refractivity contribution in [3.05, 3.63) is 11.7 Å². The van der Waals surface area contributed by atoms with E-state index in [-0.39, 0.29) is 6.10 Å². The minimum absolute atomic E-state index is 0.259. The number of ether oxygens (including phenoxy) is 1. The van der Waals surface area contributed by atoms with Gasteiger partial charge in [-0.2, -0.15) is 4.98 Å². The second-order valence-electron chi connectivity index (χ2n) is 6.23. The lowest BCUT2D eigenvalue weighted by atomic mass is 9.94. The van der Waals surface area contributed by atoms with Gasteiger partial charge in [-0.05, 0) is 44.1 Å². The fourth-order valence-corrected chi connectivity index (χ4v) is 2.80. The molecule has 0 radical (unpaired) electrons. The molecule has 0 aromatic carbocycles. The van der Waals surface area contributed by atoms with Gasteiger partial charge in [0.2, 0.25) is 5.89 Å². The number of nitrogens with zero attached hydrogens (tertiary/aromatic N) is 2. The zero-order valence-corrected chi connectivity index (χ0v) is 12.7. The summed E-state index contributed by atoms with van der Waals surface area (Å²) in [5.41, 5.74) is 5.82. The van der Waals surface area contributed by atoms with E-state index >= 15 is 0 Å². The Morgan fingerprint density at radius 3 is 2.85 bits per heavy atom. The monoisotopic (exact) mass is 281 g/mol. The molecule has 0 amide bonds. The van der Waals surface area contributed by atoms with E-state index in [1.54, 1.807) is 0 Å². The molecule has 1 fully saturated rings. The third kappa shape index (κ3) is 4.87. The van der Waals surface area contributed by atoms with E-state index in [0.29, 0.717) is 24.3 Å². The van der Waals surface area contributed by atoms with Crippen molar-refractivity contribution in [2.45, 2.75) is 58.5 Å². The van der Waals surface area contributed by atoms with Crippen molar-refractivity contribution in [3.8, 4) is 0 Å². The number of hydrogen-bond acceptors (Lipinski definition) is 5. The second kappa shape index (κ2) is 7.74. The van der Waals surface area contributed by atoms with Crippen LogP contribution >= 0.6 is 0 Å². The first-order chi connectivity index (χ1) is 9.67. The van der Waals surface area contributed by atoms with Crippen LogP contribution in [0.1, 0.15) is 51.2 Å². The molecule has 2 heterocycles. The lowest BCUT2D eigenvalue weighted by molar-refractivity contribution is 0.0153. The minimum Gasteiger partial charge on any atom is -0.378 e. The van der Waals surface area contributed by atoms with Crippen molar-refractivity contribution >= 4 is 0 Å². The Labute approximate surface area is 121 Å². The summed E-state index contributed by atoms with van der Waals surface area (Å²) < 4.78 is 11.1. The first kappa shape index (κ1) is 15.4. The molecule has 5 heteroatoms. The van der Waals surface area contributed by atoms with Gasteiger partial charge in [0.25, 0.3) is 0 Å². The van der Waals surface area contributed by atoms with Gasteiger partial charge in [-0.3, -0.25) is 0 Å². The Morgan fingerprint density at radius 1 is 1.35 bits per heavy atom. The summed E-state index contributed by atoms with van der Waals surface area (Å²) in [5.74, 6) is 2.55. The molecule has 2 N–H and O–H groups in total. The average molecular weight is 281 g/mol. The fraction of sp³-hybridized carbons (Fsp3) is 0.867. The van der Waals surface area contributed by atoms with E-state index in [2.05, 4.69) is 24.0 Å². The molecule has 2 atom stereocenters. The summed E-state index contributed by atoms with van der Waals surface area (Å²) in [5, 5.41) is 4.07. The Bertz CT molecular complexity index is 386. The van der Waals surface area contributed by atoms with Crippen molar-refractivity contribution in [2.24, 2.45) is 17.6 Å². The highest BCUT2D eigenvalue weighted by Gasteiger charge is 2.19. The van der Waals surface area contributed by atoms with E-state index < -0.39 is 0 Å². The molecule has 1 aromatic heterocycles. The molecule has 0 bridgehead atoms. The van der Waals surface area contributed by atoms with Gasteiger partial charge >= 0.3 is 0 Å². The minimum atomic E-state index is 0.259. The SMILES string of the molecule is CC(C)CC(CN)Cc1nc(CC2CCCCO2)no1. The molecule has 114 valence electrons. The van der Waals surface area contributed by atoms with Gasteiger partial charge in [-0.25, -0.2) is 0 Å². The highest BCUT2D eigenvalue weighted by Crippen LogP contribution is 2.18. The van der Waals surface area contributed by atoms with Crippen molar-refractivity contribution < 1.29 is 9.26 Å². The van der Waals surface area contributed by atoms with Crippen molar-refractivity contribution in [2.75, 3.05) is 13.2 Å². The van der Waals surface area contributed by atoms with E-state index in [1.165, 1.54) is 12.8 Å². The Kier molecular flexibility index (Phi) is 5.98.